The van der Waals surface area contributed by atoms with Crippen LogP contribution >= 0.6 is 11.3 Å². The maximum atomic E-state index is 12.0. The van der Waals surface area contributed by atoms with E-state index in [1.807, 2.05) is 13.8 Å². The summed E-state index contributed by atoms with van der Waals surface area (Å²) in [5.74, 6) is -1.04. The van der Waals surface area contributed by atoms with E-state index in [1.54, 1.807) is 0 Å². The molecule has 8 heteroatoms. The smallest absolute Gasteiger partial charge is 0.329 e. The number of nitrogens with zero attached hydrogens (tertiary/aromatic N) is 1. The molecule has 1 aromatic heterocycles. The third-order valence-corrected chi connectivity index (χ3v) is 4.49. The summed E-state index contributed by atoms with van der Waals surface area (Å²) < 4.78 is 5.16. The summed E-state index contributed by atoms with van der Waals surface area (Å²) in [5.41, 5.74) is -0.323. The van der Waals surface area contributed by atoms with E-state index in [4.69, 9.17) is 4.74 Å². The molecule has 3 N–H and O–H groups in total. The highest BCUT2D eigenvalue weighted by molar-refractivity contribution is 7.15. The Kier molecular flexibility index (Phi) is 4.79. The maximum Gasteiger partial charge on any atom is 0.329 e. The first-order chi connectivity index (χ1) is 9.97. The molecule has 116 valence electrons. The average molecular weight is 313 g/mol. The highest BCUT2D eigenvalue weighted by atomic mass is 32.1. The molecule has 0 unspecified atom stereocenters. The van der Waals surface area contributed by atoms with Crippen LogP contribution in [0.25, 0.3) is 0 Å². The summed E-state index contributed by atoms with van der Waals surface area (Å²) in [6.45, 7) is 4.58. The summed E-state index contributed by atoms with van der Waals surface area (Å²) in [4.78, 5) is 28.8. The lowest BCUT2D eigenvalue weighted by Gasteiger charge is -2.33. The number of carbonyl (C=O) groups excluding carboxylic acids is 1. The SMILES string of the molecule is CCc1nc(NC(=O)NC2(C(=O)O)CCOCC2)sc1C. The van der Waals surface area contributed by atoms with Gasteiger partial charge in [0.2, 0.25) is 0 Å². The predicted octanol–water partition coefficient (Wildman–Crippen LogP) is 1.77. The van der Waals surface area contributed by atoms with Gasteiger partial charge in [0.1, 0.15) is 5.54 Å². The molecule has 0 saturated carbocycles. The largest absolute Gasteiger partial charge is 0.480 e. The van der Waals surface area contributed by atoms with Gasteiger partial charge in [-0.2, -0.15) is 0 Å². The van der Waals surface area contributed by atoms with Crippen LogP contribution < -0.4 is 10.6 Å². The monoisotopic (exact) mass is 313 g/mol. The highest BCUT2D eigenvalue weighted by Crippen LogP contribution is 2.24. The zero-order valence-electron chi connectivity index (χ0n) is 12.1. The molecule has 2 amide bonds. The highest BCUT2D eigenvalue weighted by Gasteiger charge is 2.41. The summed E-state index contributed by atoms with van der Waals surface area (Å²) >= 11 is 1.38. The van der Waals surface area contributed by atoms with Crippen LogP contribution in [0.15, 0.2) is 0 Å². The van der Waals surface area contributed by atoms with Gasteiger partial charge in [-0.05, 0) is 13.3 Å². The van der Waals surface area contributed by atoms with Gasteiger partial charge < -0.3 is 15.2 Å². The van der Waals surface area contributed by atoms with Crippen LogP contribution in [0, 0.1) is 6.92 Å². The van der Waals surface area contributed by atoms with Gasteiger partial charge in [-0.25, -0.2) is 14.6 Å². The van der Waals surface area contributed by atoms with Crippen molar-refractivity contribution in [3.63, 3.8) is 0 Å². The maximum absolute atomic E-state index is 12.0. The molecule has 0 aliphatic carbocycles. The Balaban J connectivity index is 2.03. The summed E-state index contributed by atoms with van der Waals surface area (Å²) in [7, 11) is 0. The fourth-order valence-electron chi connectivity index (χ4n) is 2.27. The lowest BCUT2D eigenvalue weighted by atomic mass is 9.90. The quantitative estimate of drug-likeness (QED) is 0.786. The first-order valence-electron chi connectivity index (χ1n) is 6.83. The Labute approximate surface area is 126 Å². The number of hydrogen-bond acceptors (Lipinski definition) is 5. The van der Waals surface area contributed by atoms with Crippen LogP contribution in [0.3, 0.4) is 0 Å². The van der Waals surface area contributed by atoms with Crippen LogP contribution in [0.2, 0.25) is 0 Å². The average Bonchev–Trinajstić information content (AvgIpc) is 2.79. The summed E-state index contributed by atoms with van der Waals surface area (Å²) in [6.07, 6.45) is 1.31. The van der Waals surface area contributed by atoms with E-state index in [2.05, 4.69) is 15.6 Å². The van der Waals surface area contributed by atoms with E-state index in [0.717, 1.165) is 17.0 Å². The van der Waals surface area contributed by atoms with Crippen molar-refractivity contribution in [3.05, 3.63) is 10.6 Å². The Hall–Kier alpha value is -1.67. The van der Waals surface area contributed by atoms with Crippen molar-refractivity contribution in [1.82, 2.24) is 10.3 Å². The summed E-state index contributed by atoms with van der Waals surface area (Å²) in [6, 6.07) is -0.546. The van der Waals surface area contributed by atoms with E-state index < -0.39 is 17.5 Å². The second-order valence-electron chi connectivity index (χ2n) is 4.95. The number of anilines is 1. The van der Waals surface area contributed by atoms with Crippen LogP contribution in [-0.4, -0.2) is 40.8 Å². The van der Waals surface area contributed by atoms with E-state index in [9.17, 15) is 14.7 Å². The number of amides is 2. The molecule has 7 nitrogen and oxygen atoms in total. The normalized spacial score (nSPS) is 17.2. The van der Waals surface area contributed by atoms with E-state index >= 15 is 0 Å². The molecule has 1 aliphatic rings. The number of aryl methyl sites for hydroxylation is 2. The summed E-state index contributed by atoms with van der Waals surface area (Å²) in [5, 5.41) is 15.0. The lowest BCUT2D eigenvalue weighted by molar-refractivity contribution is -0.148. The molecule has 21 heavy (non-hydrogen) atoms. The third-order valence-electron chi connectivity index (χ3n) is 3.56. The van der Waals surface area contributed by atoms with Gasteiger partial charge in [0.15, 0.2) is 5.13 Å². The number of carboxylic acid groups (broad SMARTS) is 1. The minimum atomic E-state index is -1.26. The molecule has 0 aromatic carbocycles. The van der Waals surface area contributed by atoms with Crippen LogP contribution in [0.1, 0.15) is 30.3 Å². The van der Waals surface area contributed by atoms with Gasteiger partial charge in [0, 0.05) is 30.9 Å². The van der Waals surface area contributed by atoms with Crippen LogP contribution in [0.4, 0.5) is 9.93 Å². The molecule has 1 aliphatic heterocycles. The van der Waals surface area contributed by atoms with Gasteiger partial charge in [-0.3, -0.25) is 5.32 Å². The molecule has 2 rings (SSSR count). The first kappa shape index (κ1) is 15.7. The second-order valence-corrected chi connectivity index (χ2v) is 6.16. The molecule has 1 aromatic rings. The second kappa shape index (κ2) is 6.40. The predicted molar refractivity (Wildman–Crippen MR) is 78.8 cm³/mol. The van der Waals surface area contributed by atoms with E-state index in [0.29, 0.717) is 18.3 Å². The van der Waals surface area contributed by atoms with Crippen molar-refractivity contribution < 1.29 is 19.4 Å². The Morgan fingerprint density at radius 1 is 1.43 bits per heavy atom. The van der Waals surface area contributed by atoms with Crippen molar-refractivity contribution in [2.75, 3.05) is 18.5 Å². The number of carbonyl (C=O) groups is 2. The van der Waals surface area contributed by atoms with Crippen LogP contribution in [0.5, 0.6) is 0 Å². The fourth-order valence-corrected chi connectivity index (χ4v) is 3.16. The molecule has 0 spiro atoms. The zero-order valence-corrected chi connectivity index (χ0v) is 12.9. The van der Waals surface area contributed by atoms with Crippen LogP contribution in [-0.2, 0) is 16.0 Å². The molecule has 2 heterocycles. The molecule has 0 atom stereocenters. The number of nitrogens with one attached hydrogen (secondary N) is 2. The minimum absolute atomic E-state index is 0.257. The van der Waals surface area contributed by atoms with Gasteiger partial charge in [0.05, 0.1) is 5.69 Å². The Morgan fingerprint density at radius 3 is 2.62 bits per heavy atom. The number of urea groups is 1. The minimum Gasteiger partial charge on any atom is -0.480 e. The van der Waals surface area contributed by atoms with Crippen molar-refractivity contribution in [2.45, 2.75) is 38.6 Å². The van der Waals surface area contributed by atoms with Gasteiger partial charge in [-0.15, -0.1) is 11.3 Å². The van der Waals surface area contributed by atoms with Gasteiger partial charge in [-0.1, -0.05) is 6.92 Å². The molecule has 0 bridgehead atoms. The number of aromatic nitrogens is 1. The Bertz CT molecular complexity index is 538. The van der Waals surface area contributed by atoms with Gasteiger partial charge in [0.25, 0.3) is 0 Å². The number of thiazole rings is 1. The number of hydrogen-bond donors (Lipinski definition) is 3. The van der Waals surface area contributed by atoms with Crippen molar-refractivity contribution >= 4 is 28.5 Å². The fraction of sp³-hybridized carbons (Fsp3) is 0.615. The third kappa shape index (κ3) is 3.51. The zero-order chi connectivity index (χ0) is 15.5. The topological polar surface area (TPSA) is 101 Å². The Morgan fingerprint density at radius 2 is 2.10 bits per heavy atom. The number of rotatable bonds is 4. The molecule has 0 radical (unpaired) electrons. The van der Waals surface area contributed by atoms with Crippen molar-refractivity contribution in [2.24, 2.45) is 0 Å². The van der Waals surface area contributed by atoms with E-state index in [-0.39, 0.29) is 12.8 Å². The number of aliphatic carboxylic acids is 1. The van der Waals surface area contributed by atoms with Crippen molar-refractivity contribution in [1.29, 1.82) is 0 Å². The number of carboxylic acids is 1. The van der Waals surface area contributed by atoms with Crippen molar-refractivity contribution in [3.8, 4) is 0 Å². The number of ether oxygens (including phenoxy) is 1. The molecule has 1 saturated heterocycles. The molecule has 1 fully saturated rings. The molecular weight excluding hydrogens is 294 g/mol. The standard InChI is InChI=1S/C13H19N3O4S/c1-3-9-8(2)21-12(14-9)15-11(19)16-13(10(17)18)4-6-20-7-5-13/h3-7H2,1-2H3,(H,17,18)(H2,14,15,16,19). The first-order valence-corrected chi connectivity index (χ1v) is 7.65. The molecular formula is C13H19N3O4S. The van der Waals surface area contributed by atoms with Gasteiger partial charge >= 0.3 is 12.0 Å². The lowest BCUT2D eigenvalue weighted by Crippen LogP contribution is -2.58. The van der Waals surface area contributed by atoms with E-state index in [1.165, 1.54) is 11.3 Å².